The summed E-state index contributed by atoms with van der Waals surface area (Å²) in [7, 11) is 0. The van der Waals surface area contributed by atoms with Crippen LogP contribution in [-0.2, 0) is 0 Å². The average Bonchev–Trinajstić information content (AvgIpc) is 2.80. The number of rotatable bonds is 3. The van der Waals surface area contributed by atoms with Crippen LogP contribution in [0.25, 0.3) is 0 Å². The summed E-state index contributed by atoms with van der Waals surface area (Å²) in [6, 6.07) is 8.78. The van der Waals surface area contributed by atoms with E-state index < -0.39 is 0 Å². The van der Waals surface area contributed by atoms with Crippen molar-refractivity contribution in [1.82, 2.24) is 10.3 Å². The van der Waals surface area contributed by atoms with Crippen molar-refractivity contribution in [2.75, 3.05) is 18.5 Å². The van der Waals surface area contributed by atoms with Crippen molar-refractivity contribution < 1.29 is 14.3 Å². The summed E-state index contributed by atoms with van der Waals surface area (Å²) >= 11 is 0. The molecular weight excluding hydrogens is 294 g/mol. The van der Waals surface area contributed by atoms with Crippen LogP contribution >= 0.6 is 0 Å². The van der Waals surface area contributed by atoms with Crippen molar-refractivity contribution in [3.63, 3.8) is 0 Å². The number of fused-ring (bicyclic) bond motifs is 1. The monoisotopic (exact) mass is 313 g/mol. The van der Waals surface area contributed by atoms with E-state index in [0.29, 0.717) is 18.9 Å². The van der Waals surface area contributed by atoms with Gasteiger partial charge in [-0.25, -0.2) is 4.79 Å². The van der Waals surface area contributed by atoms with Crippen molar-refractivity contribution in [2.45, 2.75) is 19.4 Å². The lowest BCUT2D eigenvalue weighted by atomic mass is 10.1. The number of urea groups is 1. The molecule has 0 aliphatic carbocycles. The molecule has 3 rings (SSSR count). The Hall–Kier alpha value is -2.76. The van der Waals surface area contributed by atoms with Gasteiger partial charge in [0.05, 0.1) is 19.3 Å². The normalized spacial score (nSPS) is 14.5. The van der Waals surface area contributed by atoms with Crippen LogP contribution in [0.4, 0.5) is 10.5 Å². The van der Waals surface area contributed by atoms with E-state index in [0.717, 1.165) is 23.5 Å². The standard InChI is InChI=1S/C17H19N3O3/c1-12(19-17(21)20-14-5-7-18-8-6-14)13-3-4-15-16(11-13)23-10-2-9-22-15/h3-8,11-12H,2,9-10H2,1H3,(H2,18,19,20,21). The molecule has 1 aromatic carbocycles. The summed E-state index contributed by atoms with van der Waals surface area (Å²) in [5.41, 5.74) is 1.66. The molecule has 0 radical (unpaired) electrons. The Morgan fingerprint density at radius 1 is 1.13 bits per heavy atom. The van der Waals surface area contributed by atoms with E-state index in [4.69, 9.17) is 9.47 Å². The number of amides is 2. The average molecular weight is 313 g/mol. The molecule has 0 fully saturated rings. The Labute approximate surface area is 134 Å². The van der Waals surface area contributed by atoms with Crippen molar-refractivity contribution in [3.8, 4) is 11.5 Å². The van der Waals surface area contributed by atoms with Gasteiger partial charge < -0.3 is 20.1 Å². The molecule has 1 aliphatic rings. The minimum atomic E-state index is -0.268. The van der Waals surface area contributed by atoms with Gasteiger partial charge in [0.25, 0.3) is 0 Å². The quantitative estimate of drug-likeness (QED) is 0.913. The first-order chi connectivity index (χ1) is 11.2. The number of aromatic nitrogens is 1. The molecule has 0 saturated heterocycles. The van der Waals surface area contributed by atoms with Crippen molar-refractivity contribution in [3.05, 3.63) is 48.3 Å². The van der Waals surface area contributed by atoms with E-state index >= 15 is 0 Å². The second kappa shape index (κ2) is 7.00. The molecular formula is C17H19N3O3. The zero-order valence-electron chi connectivity index (χ0n) is 12.9. The van der Waals surface area contributed by atoms with Crippen LogP contribution in [0.5, 0.6) is 11.5 Å². The van der Waals surface area contributed by atoms with Gasteiger partial charge in [-0.3, -0.25) is 4.98 Å². The predicted molar refractivity (Wildman–Crippen MR) is 86.9 cm³/mol. The van der Waals surface area contributed by atoms with Crippen LogP contribution in [0.15, 0.2) is 42.7 Å². The van der Waals surface area contributed by atoms with E-state index in [1.54, 1.807) is 24.5 Å². The number of hydrogen-bond acceptors (Lipinski definition) is 4. The number of carbonyl (C=O) groups excluding carboxylic acids is 1. The first-order valence-corrected chi connectivity index (χ1v) is 7.59. The summed E-state index contributed by atoms with van der Waals surface area (Å²) in [6.45, 7) is 3.22. The van der Waals surface area contributed by atoms with E-state index in [-0.39, 0.29) is 12.1 Å². The number of hydrogen-bond donors (Lipinski definition) is 2. The van der Waals surface area contributed by atoms with Gasteiger partial charge in [0.1, 0.15) is 0 Å². The van der Waals surface area contributed by atoms with Gasteiger partial charge in [0.2, 0.25) is 0 Å². The highest BCUT2D eigenvalue weighted by Gasteiger charge is 2.15. The summed E-state index contributed by atoms with van der Waals surface area (Å²) in [5.74, 6) is 1.47. The number of benzene rings is 1. The summed E-state index contributed by atoms with van der Waals surface area (Å²) < 4.78 is 11.3. The van der Waals surface area contributed by atoms with Crippen molar-refractivity contribution >= 4 is 11.7 Å². The molecule has 23 heavy (non-hydrogen) atoms. The molecule has 6 heteroatoms. The minimum Gasteiger partial charge on any atom is -0.490 e. The number of nitrogens with one attached hydrogen (secondary N) is 2. The molecule has 2 aromatic rings. The summed E-state index contributed by atoms with van der Waals surface area (Å²) in [4.78, 5) is 16.0. The maximum Gasteiger partial charge on any atom is 0.319 e. The van der Waals surface area contributed by atoms with Gasteiger partial charge in [0, 0.05) is 24.5 Å². The second-order valence-corrected chi connectivity index (χ2v) is 5.31. The van der Waals surface area contributed by atoms with Gasteiger partial charge >= 0.3 is 6.03 Å². The lowest BCUT2D eigenvalue weighted by Crippen LogP contribution is -2.31. The zero-order valence-corrected chi connectivity index (χ0v) is 12.9. The third kappa shape index (κ3) is 3.91. The molecule has 6 nitrogen and oxygen atoms in total. The van der Waals surface area contributed by atoms with Crippen molar-refractivity contribution in [2.24, 2.45) is 0 Å². The minimum absolute atomic E-state index is 0.158. The molecule has 1 aliphatic heterocycles. The third-order valence-electron chi connectivity index (χ3n) is 3.56. The Bertz CT molecular complexity index is 676. The van der Waals surface area contributed by atoms with Gasteiger partial charge in [-0.05, 0) is 36.8 Å². The smallest absolute Gasteiger partial charge is 0.319 e. The maximum atomic E-state index is 12.0. The van der Waals surface area contributed by atoms with E-state index in [1.807, 2.05) is 25.1 Å². The topological polar surface area (TPSA) is 72.5 Å². The van der Waals surface area contributed by atoms with Gasteiger partial charge in [-0.2, -0.15) is 0 Å². The Morgan fingerprint density at radius 3 is 2.65 bits per heavy atom. The van der Waals surface area contributed by atoms with E-state index in [1.165, 1.54) is 0 Å². The molecule has 1 unspecified atom stereocenters. The largest absolute Gasteiger partial charge is 0.490 e. The fraction of sp³-hybridized carbons (Fsp3) is 0.294. The lowest BCUT2D eigenvalue weighted by molar-refractivity contribution is 0.249. The molecule has 1 aromatic heterocycles. The highest BCUT2D eigenvalue weighted by atomic mass is 16.5. The first-order valence-electron chi connectivity index (χ1n) is 7.59. The Morgan fingerprint density at radius 2 is 1.87 bits per heavy atom. The molecule has 2 amide bonds. The van der Waals surface area contributed by atoms with Crippen LogP contribution in [0, 0.1) is 0 Å². The maximum absolute atomic E-state index is 12.0. The molecule has 0 saturated carbocycles. The highest BCUT2D eigenvalue weighted by molar-refractivity contribution is 5.89. The molecule has 2 heterocycles. The summed E-state index contributed by atoms with van der Waals surface area (Å²) in [5, 5.41) is 5.67. The number of pyridine rings is 1. The molecule has 0 bridgehead atoms. The zero-order chi connectivity index (χ0) is 16.1. The van der Waals surface area contributed by atoms with Crippen LogP contribution in [0.1, 0.15) is 24.9 Å². The van der Waals surface area contributed by atoms with Crippen LogP contribution in [-0.4, -0.2) is 24.2 Å². The molecule has 120 valence electrons. The van der Waals surface area contributed by atoms with Gasteiger partial charge in [-0.15, -0.1) is 0 Å². The SMILES string of the molecule is CC(NC(=O)Nc1ccncc1)c1ccc2c(c1)OCCCO2. The number of carbonyl (C=O) groups is 1. The number of ether oxygens (including phenoxy) is 2. The second-order valence-electron chi connectivity index (χ2n) is 5.31. The van der Waals surface area contributed by atoms with Crippen LogP contribution in [0.3, 0.4) is 0 Å². The lowest BCUT2D eigenvalue weighted by Gasteiger charge is -2.17. The third-order valence-corrected chi connectivity index (χ3v) is 3.56. The van der Waals surface area contributed by atoms with Crippen molar-refractivity contribution in [1.29, 1.82) is 0 Å². The fourth-order valence-electron chi connectivity index (χ4n) is 2.33. The van der Waals surface area contributed by atoms with E-state index in [9.17, 15) is 4.79 Å². The highest BCUT2D eigenvalue weighted by Crippen LogP contribution is 2.32. The van der Waals surface area contributed by atoms with E-state index in [2.05, 4.69) is 15.6 Å². The Kier molecular flexibility index (Phi) is 4.61. The number of nitrogens with zero attached hydrogens (tertiary/aromatic N) is 1. The predicted octanol–water partition coefficient (Wildman–Crippen LogP) is 3.13. The van der Waals surface area contributed by atoms with Gasteiger partial charge in [0.15, 0.2) is 11.5 Å². The Balaban J connectivity index is 1.65. The summed E-state index contributed by atoms with van der Waals surface area (Å²) in [6.07, 6.45) is 4.12. The molecule has 1 atom stereocenters. The molecule has 2 N–H and O–H groups in total. The molecule has 0 spiro atoms. The van der Waals surface area contributed by atoms with Crippen LogP contribution in [0.2, 0.25) is 0 Å². The fourth-order valence-corrected chi connectivity index (χ4v) is 2.33. The first kappa shape index (κ1) is 15.1. The number of anilines is 1. The van der Waals surface area contributed by atoms with Gasteiger partial charge in [-0.1, -0.05) is 6.07 Å². The van der Waals surface area contributed by atoms with Crippen LogP contribution < -0.4 is 20.1 Å².